The number of ether oxygens (including phenoxy) is 1. The van der Waals surface area contributed by atoms with Gasteiger partial charge in [-0.2, -0.15) is 0 Å². The summed E-state index contributed by atoms with van der Waals surface area (Å²) in [5.41, 5.74) is 5.02. The second kappa shape index (κ2) is 11.6. The molecule has 0 saturated heterocycles. The number of anilines is 1. The van der Waals surface area contributed by atoms with Gasteiger partial charge in [0.25, 0.3) is 5.91 Å². The Hall–Kier alpha value is -2.72. The molecule has 0 spiro atoms. The molecule has 31 heavy (non-hydrogen) atoms. The van der Waals surface area contributed by atoms with E-state index in [2.05, 4.69) is 55.6 Å². The van der Waals surface area contributed by atoms with Gasteiger partial charge in [-0.05, 0) is 74.7 Å². The molecule has 0 aliphatic rings. The van der Waals surface area contributed by atoms with Crippen molar-refractivity contribution in [1.29, 1.82) is 0 Å². The lowest BCUT2D eigenvalue weighted by atomic mass is 10.1. The zero-order valence-electron chi connectivity index (χ0n) is 18.6. The van der Waals surface area contributed by atoms with Crippen molar-refractivity contribution in [1.82, 2.24) is 0 Å². The monoisotopic (exact) mass is 433 g/mol. The number of carbonyl (C=O) groups is 1. The number of benzene rings is 3. The molecular formula is C27H31NO2S. The highest BCUT2D eigenvalue weighted by Gasteiger charge is 2.12. The highest BCUT2D eigenvalue weighted by Crippen LogP contribution is 2.29. The molecule has 3 aromatic rings. The molecular weight excluding hydrogens is 402 g/mol. The molecule has 0 radical (unpaired) electrons. The first-order valence-electron chi connectivity index (χ1n) is 10.9. The van der Waals surface area contributed by atoms with Crippen LogP contribution in [0, 0.1) is 6.92 Å². The van der Waals surface area contributed by atoms with E-state index in [1.165, 1.54) is 28.9 Å². The number of hydrogen-bond acceptors (Lipinski definition) is 3. The number of hydrogen-bond donors (Lipinski definition) is 1. The fourth-order valence-corrected chi connectivity index (χ4v) is 4.14. The third kappa shape index (κ3) is 6.90. The van der Waals surface area contributed by atoms with E-state index in [0.717, 1.165) is 29.2 Å². The molecule has 0 aliphatic heterocycles. The summed E-state index contributed by atoms with van der Waals surface area (Å²) in [6.45, 7) is 6.85. The lowest BCUT2D eigenvalue weighted by Crippen LogP contribution is -2.12. The summed E-state index contributed by atoms with van der Waals surface area (Å²) in [5, 5.41) is 3.01. The zero-order valence-corrected chi connectivity index (χ0v) is 19.4. The molecule has 0 unspecified atom stereocenters. The lowest BCUT2D eigenvalue weighted by molar-refractivity contribution is 0.102. The summed E-state index contributed by atoms with van der Waals surface area (Å²) in [7, 11) is 0. The number of unbranched alkanes of at least 4 members (excludes halogenated alkanes) is 1. The Morgan fingerprint density at radius 2 is 1.71 bits per heavy atom. The van der Waals surface area contributed by atoms with Gasteiger partial charge in [-0.25, -0.2) is 0 Å². The van der Waals surface area contributed by atoms with Crippen molar-refractivity contribution >= 4 is 23.4 Å². The van der Waals surface area contributed by atoms with Crippen LogP contribution in [0.25, 0.3) is 0 Å². The second-order valence-electron chi connectivity index (χ2n) is 7.61. The minimum Gasteiger partial charge on any atom is -0.494 e. The first-order valence-corrected chi connectivity index (χ1v) is 11.9. The van der Waals surface area contributed by atoms with Gasteiger partial charge in [-0.1, -0.05) is 43.2 Å². The number of rotatable bonds is 10. The van der Waals surface area contributed by atoms with Crippen LogP contribution in [-0.4, -0.2) is 12.5 Å². The number of carbonyl (C=O) groups excluding carboxylic acids is 1. The molecule has 3 rings (SSSR count). The van der Waals surface area contributed by atoms with E-state index in [-0.39, 0.29) is 5.91 Å². The Bertz CT molecular complexity index is 981. The minimum absolute atomic E-state index is 0.106. The van der Waals surface area contributed by atoms with Crippen LogP contribution >= 0.6 is 11.8 Å². The molecule has 0 atom stereocenters. The smallest absolute Gasteiger partial charge is 0.255 e. The van der Waals surface area contributed by atoms with E-state index >= 15 is 0 Å². The first kappa shape index (κ1) is 23.0. The van der Waals surface area contributed by atoms with Gasteiger partial charge in [-0.15, -0.1) is 11.8 Å². The van der Waals surface area contributed by atoms with Gasteiger partial charge in [0.1, 0.15) is 5.75 Å². The van der Waals surface area contributed by atoms with Gasteiger partial charge in [0.2, 0.25) is 0 Å². The standard InChI is InChI=1S/C27H31NO2S/c1-4-6-7-21-10-13-24(14-11-21)28-27(29)22-12-17-26(30-5-2)23(18-22)19-31-25-15-8-20(3)9-16-25/h8-18H,4-7,19H2,1-3H3,(H,28,29). The Labute approximate surface area is 190 Å². The van der Waals surface area contributed by atoms with E-state index < -0.39 is 0 Å². The molecule has 0 heterocycles. The summed E-state index contributed by atoms with van der Waals surface area (Å²) >= 11 is 1.74. The summed E-state index contributed by atoms with van der Waals surface area (Å²) in [4.78, 5) is 14.0. The molecule has 0 fully saturated rings. The SMILES string of the molecule is CCCCc1ccc(NC(=O)c2ccc(OCC)c(CSc3ccc(C)cc3)c2)cc1. The van der Waals surface area contributed by atoms with Crippen molar-refractivity contribution in [2.24, 2.45) is 0 Å². The van der Waals surface area contributed by atoms with Crippen LogP contribution in [0.5, 0.6) is 5.75 Å². The first-order chi connectivity index (χ1) is 15.1. The molecule has 3 nitrogen and oxygen atoms in total. The topological polar surface area (TPSA) is 38.3 Å². The summed E-state index contributed by atoms with van der Waals surface area (Å²) < 4.78 is 5.80. The highest BCUT2D eigenvalue weighted by atomic mass is 32.2. The van der Waals surface area contributed by atoms with Crippen molar-refractivity contribution in [2.75, 3.05) is 11.9 Å². The Morgan fingerprint density at radius 3 is 2.39 bits per heavy atom. The van der Waals surface area contributed by atoms with Gasteiger partial charge in [-0.3, -0.25) is 4.79 Å². The molecule has 162 valence electrons. The third-order valence-corrected chi connectivity index (χ3v) is 6.13. The number of thioether (sulfide) groups is 1. The predicted octanol–water partition coefficient (Wildman–Crippen LogP) is 7.28. The summed E-state index contributed by atoms with van der Waals surface area (Å²) in [5.74, 6) is 1.47. The van der Waals surface area contributed by atoms with Crippen LogP contribution in [0.3, 0.4) is 0 Å². The normalized spacial score (nSPS) is 10.7. The molecule has 0 bridgehead atoms. The fraction of sp³-hybridized carbons (Fsp3) is 0.296. The van der Waals surface area contributed by atoms with Crippen LogP contribution in [0.1, 0.15) is 53.7 Å². The maximum absolute atomic E-state index is 12.8. The predicted molar refractivity (Wildman–Crippen MR) is 131 cm³/mol. The van der Waals surface area contributed by atoms with Crippen molar-refractivity contribution < 1.29 is 9.53 Å². The molecule has 0 saturated carbocycles. The highest BCUT2D eigenvalue weighted by molar-refractivity contribution is 7.98. The Kier molecular flexibility index (Phi) is 8.60. The van der Waals surface area contributed by atoms with Crippen LogP contribution in [0.15, 0.2) is 71.6 Å². The summed E-state index contributed by atoms with van der Waals surface area (Å²) in [6.07, 6.45) is 3.44. The Balaban J connectivity index is 1.70. The molecule has 4 heteroatoms. The minimum atomic E-state index is -0.106. The molecule has 0 aliphatic carbocycles. The fourth-order valence-electron chi connectivity index (χ4n) is 3.26. The Morgan fingerprint density at radius 1 is 0.968 bits per heavy atom. The van der Waals surface area contributed by atoms with E-state index in [0.29, 0.717) is 12.2 Å². The zero-order chi connectivity index (χ0) is 22.1. The van der Waals surface area contributed by atoms with E-state index in [1.807, 2.05) is 37.3 Å². The van der Waals surface area contributed by atoms with E-state index in [1.54, 1.807) is 11.8 Å². The van der Waals surface area contributed by atoms with Gasteiger partial charge < -0.3 is 10.1 Å². The number of amides is 1. The molecule has 0 aromatic heterocycles. The van der Waals surface area contributed by atoms with Crippen LogP contribution in [-0.2, 0) is 12.2 Å². The van der Waals surface area contributed by atoms with Crippen molar-refractivity contribution in [3.8, 4) is 5.75 Å². The molecule has 1 N–H and O–H groups in total. The number of nitrogens with one attached hydrogen (secondary N) is 1. The van der Waals surface area contributed by atoms with Crippen molar-refractivity contribution in [2.45, 2.75) is 50.7 Å². The van der Waals surface area contributed by atoms with E-state index in [9.17, 15) is 4.79 Å². The second-order valence-corrected chi connectivity index (χ2v) is 8.66. The van der Waals surface area contributed by atoms with Crippen LogP contribution in [0.2, 0.25) is 0 Å². The van der Waals surface area contributed by atoms with Gasteiger partial charge in [0, 0.05) is 27.5 Å². The van der Waals surface area contributed by atoms with E-state index in [4.69, 9.17) is 4.74 Å². The van der Waals surface area contributed by atoms with Gasteiger partial charge >= 0.3 is 0 Å². The maximum Gasteiger partial charge on any atom is 0.255 e. The van der Waals surface area contributed by atoms with Crippen molar-refractivity contribution in [3.63, 3.8) is 0 Å². The third-order valence-electron chi connectivity index (χ3n) is 5.07. The number of aryl methyl sites for hydroxylation is 2. The van der Waals surface area contributed by atoms with Crippen LogP contribution < -0.4 is 10.1 Å². The average molecular weight is 434 g/mol. The maximum atomic E-state index is 12.8. The lowest BCUT2D eigenvalue weighted by Gasteiger charge is -2.13. The quantitative estimate of drug-likeness (QED) is 0.341. The van der Waals surface area contributed by atoms with Gasteiger partial charge in [0.15, 0.2) is 0 Å². The average Bonchev–Trinajstić information content (AvgIpc) is 2.79. The van der Waals surface area contributed by atoms with Crippen LogP contribution in [0.4, 0.5) is 5.69 Å². The van der Waals surface area contributed by atoms with Crippen molar-refractivity contribution in [3.05, 3.63) is 89.0 Å². The van der Waals surface area contributed by atoms with Gasteiger partial charge in [0.05, 0.1) is 6.61 Å². The molecule has 1 amide bonds. The molecule has 3 aromatic carbocycles. The largest absolute Gasteiger partial charge is 0.494 e. The summed E-state index contributed by atoms with van der Waals surface area (Å²) in [6, 6.07) is 22.3.